The van der Waals surface area contributed by atoms with Crippen LogP contribution in [0.25, 0.3) is 0 Å². The summed E-state index contributed by atoms with van der Waals surface area (Å²) in [6, 6.07) is 8.51. The zero-order valence-electron chi connectivity index (χ0n) is 16.0. The first-order chi connectivity index (χ1) is 13.5. The van der Waals surface area contributed by atoms with Gasteiger partial charge in [0, 0.05) is 22.7 Å². The van der Waals surface area contributed by atoms with Gasteiger partial charge in [-0.15, -0.1) is 11.3 Å². The molecule has 2 aromatic rings. The molecule has 1 aliphatic rings. The van der Waals surface area contributed by atoms with Crippen molar-refractivity contribution in [3.05, 3.63) is 51.2 Å². The first kappa shape index (κ1) is 20.1. The van der Waals surface area contributed by atoms with Crippen molar-refractivity contribution in [2.45, 2.75) is 33.1 Å². The first-order valence-corrected chi connectivity index (χ1v) is 10.2. The third-order valence-electron chi connectivity index (χ3n) is 4.61. The van der Waals surface area contributed by atoms with Gasteiger partial charge in [0.1, 0.15) is 4.88 Å². The van der Waals surface area contributed by atoms with Crippen molar-refractivity contribution >= 4 is 34.8 Å². The third kappa shape index (κ3) is 4.98. The van der Waals surface area contributed by atoms with Crippen molar-refractivity contribution < 1.29 is 19.1 Å². The summed E-state index contributed by atoms with van der Waals surface area (Å²) in [5.74, 6) is -0.498. The minimum absolute atomic E-state index is 0.207. The molecule has 1 aliphatic carbocycles. The first-order valence-electron chi connectivity index (χ1n) is 9.43. The van der Waals surface area contributed by atoms with Crippen molar-refractivity contribution in [3.8, 4) is 0 Å². The molecule has 1 unspecified atom stereocenters. The number of rotatable bonds is 6. The second kappa shape index (κ2) is 9.01. The van der Waals surface area contributed by atoms with Crippen LogP contribution in [0.5, 0.6) is 0 Å². The van der Waals surface area contributed by atoms with E-state index in [1.54, 1.807) is 24.3 Å². The maximum Gasteiger partial charge on any atom is 0.348 e. The Bertz CT molecular complexity index is 890. The summed E-state index contributed by atoms with van der Waals surface area (Å²) >= 11 is 1.46. The van der Waals surface area contributed by atoms with E-state index in [1.807, 2.05) is 13.0 Å². The van der Waals surface area contributed by atoms with Crippen LogP contribution >= 0.6 is 11.3 Å². The molecule has 1 aromatic carbocycles. The van der Waals surface area contributed by atoms with E-state index in [4.69, 9.17) is 4.74 Å². The minimum Gasteiger partial charge on any atom is -0.451 e. The van der Waals surface area contributed by atoms with Crippen LogP contribution in [0, 0.1) is 5.92 Å². The van der Waals surface area contributed by atoms with Crippen LogP contribution in [0.3, 0.4) is 0 Å². The van der Waals surface area contributed by atoms with Gasteiger partial charge in [0.05, 0.1) is 0 Å². The molecular weight excluding hydrogens is 376 g/mol. The fourth-order valence-electron chi connectivity index (χ4n) is 3.21. The quantitative estimate of drug-likeness (QED) is 0.728. The average Bonchev–Trinajstić information content (AvgIpc) is 3.10. The molecule has 0 spiro atoms. The summed E-state index contributed by atoms with van der Waals surface area (Å²) < 4.78 is 5.16. The van der Waals surface area contributed by atoms with Gasteiger partial charge in [0.2, 0.25) is 0 Å². The number of anilines is 1. The topological polar surface area (TPSA) is 84.5 Å². The van der Waals surface area contributed by atoms with E-state index >= 15 is 0 Å². The monoisotopic (exact) mass is 400 g/mol. The lowest BCUT2D eigenvalue weighted by Gasteiger charge is -2.16. The van der Waals surface area contributed by atoms with E-state index in [9.17, 15) is 14.4 Å². The van der Waals surface area contributed by atoms with E-state index in [1.165, 1.54) is 21.8 Å². The van der Waals surface area contributed by atoms with Crippen LogP contribution in [0.2, 0.25) is 0 Å². The Morgan fingerprint density at radius 3 is 2.86 bits per heavy atom. The maximum absolute atomic E-state index is 12.3. The number of thiophene rings is 1. The molecule has 0 saturated carbocycles. The third-order valence-corrected chi connectivity index (χ3v) is 5.83. The van der Waals surface area contributed by atoms with E-state index in [0.29, 0.717) is 28.6 Å². The summed E-state index contributed by atoms with van der Waals surface area (Å²) in [5, 5.41) is 5.35. The summed E-state index contributed by atoms with van der Waals surface area (Å²) in [4.78, 5) is 38.0. The molecule has 1 aromatic heterocycles. The molecule has 0 bridgehead atoms. The number of carbonyl (C=O) groups is 3. The van der Waals surface area contributed by atoms with Gasteiger partial charge >= 0.3 is 5.97 Å². The summed E-state index contributed by atoms with van der Waals surface area (Å²) in [5.41, 5.74) is 2.16. The van der Waals surface area contributed by atoms with Gasteiger partial charge in [-0.05, 0) is 61.9 Å². The summed E-state index contributed by atoms with van der Waals surface area (Å²) in [7, 11) is 0. The molecule has 2 amide bonds. The molecule has 148 valence electrons. The van der Waals surface area contributed by atoms with Crippen molar-refractivity contribution in [1.82, 2.24) is 5.32 Å². The molecule has 1 atom stereocenters. The predicted molar refractivity (Wildman–Crippen MR) is 109 cm³/mol. The lowest BCUT2D eigenvalue weighted by Crippen LogP contribution is -2.23. The van der Waals surface area contributed by atoms with Crippen LogP contribution in [0.4, 0.5) is 5.69 Å². The normalized spacial score (nSPS) is 15.4. The van der Waals surface area contributed by atoms with Crippen LogP contribution in [-0.4, -0.2) is 30.9 Å². The fraction of sp³-hybridized carbons (Fsp3) is 0.381. The number of esters is 1. The molecule has 0 aliphatic heterocycles. The maximum atomic E-state index is 12.3. The zero-order chi connectivity index (χ0) is 20.1. The number of hydrogen-bond acceptors (Lipinski definition) is 5. The Morgan fingerprint density at radius 2 is 2.07 bits per heavy atom. The van der Waals surface area contributed by atoms with Crippen LogP contribution in [0.1, 0.15) is 50.7 Å². The fourth-order valence-corrected chi connectivity index (χ4v) is 4.31. The van der Waals surface area contributed by atoms with Crippen molar-refractivity contribution in [3.63, 3.8) is 0 Å². The molecule has 1 heterocycles. The van der Waals surface area contributed by atoms with Gasteiger partial charge in [-0.3, -0.25) is 9.59 Å². The molecule has 7 heteroatoms. The van der Waals surface area contributed by atoms with E-state index in [-0.39, 0.29) is 12.5 Å². The standard InChI is InChI=1S/C21H24N2O4S/c1-3-22-20(25)14-5-4-6-16(10-14)23-19(24)12-27-21(26)18-11-15-9-13(2)7-8-17(15)28-18/h4-6,10-11,13H,3,7-9,12H2,1-2H3,(H,22,25)(H,23,24). The molecule has 0 saturated heterocycles. The number of fused-ring (bicyclic) bond motifs is 1. The second-order valence-electron chi connectivity index (χ2n) is 6.97. The van der Waals surface area contributed by atoms with Gasteiger partial charge < -0.3 is 15.4 Å². The van der Waals surface area contributed by atoms with E-state index < -0.39 is 11.9 Å². The van der Waals surface area contributed by atoms with Gasteiger partial charge in [-0.1, -0.05) is 13.0 Å². The number of hydrogen-bond donors (Lipinski definition) is 2. The number of ether oxygens (including phenoxy) is 1. The molecular formula is C21H24N2O4S. The van der Waals surface area contributed by atoms with Crippen molar-refractivity contribution in [1.29, 1.82) is 0 Å². The molecule has 6 nitrogen and oxygen atoms in total. The Balaban J connectivity index is 1.54. The average molecular weight is 401 g/mol. The van der Waals surface area contributed by atoms with Gasteiger partial charge in [0.25, 0.3) is 11.8 Å². The number of amides is 2. The smallest absolute Gasteiger partial charge is 0.348 e. The molecule has 3 rings (SSSR count). The van der Waals surface area contributed by atoms with Gasteiger partial charge in [-0.25, -0.2) is 4.79 Å². The van der Waals surface area contributed by atoms with Crippen LogP contribution < -0.4 is 10.6 Å². The van der Waals surface area contributed by atoms with Crippen molar-refractivity contribution in [2.75, 3.05) is 18.5 Å². The van der Waals surface area contributed by atoms with Gasteiger partial charge in [0.15, 0.2) is 6.61 Å². The lowest BCUT2D eigenvalue weighted by molar-refractivity contribution is -0.119. The van der Waals surface area contributed by atoms with Gasteiger partial charge in [-0.2, -0.15) is 0 Å². The van der Waals surface area contributed by atoms with Crippen molar-refractivity contribution in [2.24, 2.45) is 5.92 Å². The second-order valence-corrected chi connectivity index (χ2v) is 8.11. The van der Waals surface area contributed by atoms with E-state index in [2.05, 4.69) is 17.6 Å². The number of benzene rings is 1. The molecule has 0 radical (unpaired) electrons. The predicted octanol–water partition coefficient (Wildman–Crippen LogP) is 3.42. The number of nitrogens with one attached hydrogen (secondary N) is 2. The van der Waals surface area contributed by atoms with E-state index in [0.717, 1.165) is 19.3 Å². The van der Waals surface area contributed by atoms with Crippen LogP contribution in [0.15, 0.2) is 30.3 Å². The zero-order valence-corrected chi connectivity index (χ0v) is 16.9. The molecule has 2 N–H and O–H groups in total. The Hall–Kier alpha value is -2.67. The Morgan fingerprint density at radius 1 is 1.25 bits per heavy atom. The Kier molecular flexibility index (Phi) is 6.46. The highest BCUT2D eigenvalue weighted by Crippen LogP contribution is 2.32. The molecule has 0 fully saturated rings. The summed E-state index contributed by atoms with van der Waals surface area (Å²) in [6.07, 6.45) is 3.12. The number of carbonyl (C=O) groups excluding carboxylic acids is 3. The number of aryl methyl sites for hydroxylation is 1. The highest BCUT2D eigenvalue weighted by Gasteiger charge is 2.21. The SMILES string of the molecule is CCNC(=O)c1cccc(NC(=O)COC(=O)c2cc3c(s2)CCC(C)C3)c1. The molecule has 28 heavy (non-hydrogen) atoms. The highest BCUT2D eigenvalue weighted by atomic mass is 32.1. The van der Waals surface area contributed by atoms with Crippen LogP contribution in [-0.2, 0) is 22.4 Å². The highest BCUT2D eigenvalue weighted by molar-refractivity contribution is 7.14. The minimum atomic E-state index is -0.474. The summed E-state index contributed by atoms with van der Waals surface area (Å²) in [6.45, 7) is 4.20. The Labute approximate surface area is 168 Å². The lowest BCUT2D eigenvalue weighted by atomic mass is 9.90. The largest absolute Gasteiger partial charge is 0.451 e.